The van der Waals surface area contributed by atoms with E-state index in [1.165, 1.54) is 0 Å². The van der Waals surface area contributed by atoms with Gasteiger partial charge in [0.25, 0.3) is 0 Å². The molecular formula is C15H18N2O. The lowest BCUT2D eigenvalue weighted by Gasteiger charge is -2.24. The molecule has 0 unspecified atom stereocenters. The quantitative estimate of drug-likeness (QED) is 0.839. The van der Waals surface area contributed by atoms with Crippen molar-refractivity contribution < 1.29 is 4.74 Å². The molecule has 0 radical (unpaired) electrons. The predicted octanol–water partition coefficient (Wildman–Crippen LogP) is 3.35. The summed E-state index contributed by atoms with van der Waals surface area (Å²) in [6, 6.07) is 13.9. The normalized spacial score (nSPS) is 10.2. The summed E-state index contributed by atoms with van der Waals surface area (Å²) in [5.41, 5.74) is 9.93. The van der Waals surface area contributed by atoms with Gasteiger partial charge in [0.1, 0.15) is 5.75 Å². The molecule has 2 rings (SSSR count). The fourth-order valence-corrected chi connectivity index (χ4v) is 2.04. The maximum absolute atomic E-state index is 5.95. The molecule has 0 saturated carbocycles. The Bertz CT molecular complexity index is 552. The van der Waals surface area contributed by atoms with E-state index in [4.69, 9.17) is 10.5 Å². The molecule has 0 spiro atoms. The molecule has 94 valence electrons. The lowest BCUT2D eigenvalue weighted by Crippen LogP contribution is -2.12. The lowest BCUT2D eigenvalue weighted by atomic mass is 10.1. The van der Waals surface area contributed by atoms with Gasteiger partial charge in [-0.2, -0.15) is 0 Å². The molecule has 2 aromatic rings. The number of ether oxygens (including phenoxy) is 1. The highest BCUT2D eigenvalue weighted by Gasteiger charge is 2.12. The molecule has 0 aliphatic carbocycles. The number of hydrogen-bond donors (Lipinski definition) is 1. The Hall–Kier alpha value is -2.16. The number of nitrogen functional groups attached to an aromatic ring is 1. The summed E-state index contributed by atoms with van der Waals surface area (Å²) in [6.45, 7) is 2.02. The highest BCUT2D eigenvalue weighted by atomic mass is 16.5. The predicted molar refractivity (Wildman–Crippen MR) is 76.6 cm³/mol. The highest BCUT2D eigenvalue weighted by molar-refractivity contribution is 5.74. The summed E-state index contributed by atoms with van der Waals surface area (Å²) < 4.78 is 5.39. The molecule has 0 amide bonds. The van der Waals surface area contributed by atoms with Gasteiger partial charge < -0.3 is 15.4 Å². The van der Waals surface area contributed by atoms with Crippen LogP contribution < -0.4 is 15.4 Å². The molecule has 0 saturated heterocycles. The molecule has 0 fully saturated rings. The minimum absolute atomic E-state index is 0.800. The van der Waals surface area contributed by atoms with Crippen molar-refractivity contribution in [2.75, 3.05) is 24.8 Å². The van der Waals surface area contributed by atoms with Crippen molar-refractivity contribution in [2.45, 2.75) is 6.92 Å². The van der Waals surface area contributed by atoms with E-state index in [0.717, 1.165) is 28.4 Å². The SMILES string of the molecule is COc1ccccc1N(C)c1cccc(N)c1C. The van der Waals surface area contributed by atoms with Crippen LogP contribution in [0.3, 0.4) is 0 Å². The first-order chi connectivity index (χ1) is 8.65. The number of nitrogens with zero attached hydrogens (tertiary/aromatic N) is 1. The van der Waals surface area contributed by atoms with Gasteiger partial charge in [-0.1, -0.05) is 18.2 Å². The smallest absolute Gasteiger partial charge is 0.142 e. The van der Waals surface area contributed by atoms with Crippen molar-refractivity contribution in [2.24, 2.45) is 0 Å². The summed E-state index contributed by atoms with van der Waals surface area (Å²) in [6.07, 6.45) is 0. The average molecular weight is 242 g/mol. The molecule has 18 heavy (non-hydrogen) atoms. The number of para-hydroxylation sites is 2. The molecule has 3 nitrogen and oxygen atoms in total. The second kappa shape index (κ2) is 5.00. The van der Waals surface area contributed by atoms with E-state index in [9.17, 15) is 0 Å². The summed E-state index contributed by atoms with van der Waals surface area (Å²) >= 11 is 0. The lowest BCUT2D eigenvalue weighted by molar-refractivity contribution is 0.415. The third-order valence-corrected chi connectivity index (χ3v) is 3.15. The largest absolute Gasteiger partial charge is 0.495 e. The van der Waals surface area contributed by atoms with Gasteiger partial charge in [0.15, 0.2) is 0 Å². The number of benzene rings is 2. The van der Waals surface area contributed by atoms with Crippen molar-refractivity contribution in [3.8, 4) is 5.75 Å². The monoisotopic (exact) mass is 242 g/mol. The zero-order chi connectivity index (χ0) is 13.1. The second-order valence-electron chi connectivity index (χ2n) is 4.22. The van der Waals surface area contributed by atoms with Gasteiger partial charge in [0, 0.05) is 18.4 Å². The maximum Gasteiger partial charge on any atom is 0.142 e. The summed E-state index contributed by atoms with van der Waals surface area (Å²) in [7, 11) is 3.69. The Morgan fingerprint density at radius 3 is 2.39 bits per heavy atom. The standard InChI is InChI=1S/C15H18N2O/c1-11-12(16)7-6-9-13(11)17(2)14-8-4-5-10-15(14)18-3/h4-10H,16H2,1-3H3. The molecule has 0 aliphatic rings. The zero-order valence-electron chi connectivity index (χ0n) is 11.0. The second-order valence-corrected chi connectivity index (χ2v) is 4.22. The van der Waals surface area contributed by atoms with E-state index in [-0.39, 0.29) is 0 Å². The summed E-state index contributed by atoms with van der Waals surface area (Å²) in [5.74, 6) is 0.849. The van der Waals surface area contributed by atoms with Gasteiger partial charge in [0.05, 0.1) is 12.8 Å². The number of methoxy groups -OCH3 is 1. The van der Waals surface area contributed by atoms with Crippen molar-refractivity contribution in [3.63, 3.8) is 0 Å². The van der Waals surface area contributed by atoms with E-state index in [0.29, 0.717) is 0 Å². The minimum Gasteiger partial charge on any atom is -0.495 e. The Labute approximate surface area is 108 Å². The fourth-order valence-electron chi connectivity index (χ4n) is 2.04. The summed E-state index contributed by atoms with van der Waals surface area (Å²) in [4.78, 5) is 2.09. The Balaban J connectivity index is 2.48. The average Bonchev–Trinajstić information content (AvgIpc) is 2.41. The topological polar surface area (TPSA) is 38.5 Å². The fraction of sp³-hybridized carbons (Fsp3) is 0.200. The summed E-state index contributed by atoms with van der Waals surface area (Å²) in [5, 5.41) is 0. The number of anilines is 3. The number of nitrogens with two attached hydrogens (primary N) is 1. The van der Waals surface area contributed by atoms with Crippen LogP contribution in [0.2, 0.25) is 0 Å². The van der Waals surface area contributed by atoms with E-state index in [2.05, 4.69) is 11.0 Å². The molecule has 0 bridgehead atoms. The number of hydrogen-bond acceptors (Lipinski definition) is 3. The minimum atomic E-state index is 0.800. The van der Waals surface area contributed by atoms with E-state index in [1.54, 1.807) is 7.11 Å². The van der Waals surface area contributed by atoms with Gasteiger partial charge in [-0.3, -0.25) is 0 Å². The van der Waals surface area contributed by atoms with Crippen LogP contribution in [-0.4, -0.2) is 14.2 Å². The van der Waals surface area contributed by atoms with Gasteiger partial charge in [0.2, 0.25) is 0 Å². The first-order valence-electron chi connectivity index (χ1n) is 5.87. The van der Waals surface area contributed by atoms with Gasteiger partial charge >= 0.3 is 0 Å². The van der Waals surface area contributed by atoms with Crippen molar-refractivity contribution in [3.05, 3.63) is 48.0 Å². The maximum atomic E-state index is 5.95. The first-order valence-corrected chi connectivity index (χ1v) is 5.87. The zero-order valence-corrected chi connectivity index (χ0v) is 11.0. The third kappa shape index (κ3) is 2.12. The van der Waals surface area contributed by atoms with Crippen molar-refractivity contribution in [1.82, 2.24) is 0 Å². The molecule has 0 aromatic heterocycles. The Morgan fingerprint density at radius 1 is 1.00 bits per heavy atom. The molecule has 3 heteroatoms. The molecular weight excluding hydrogens is 224 g/mol. The Kier molecular flexibility index (Phi) is 3.42. The number of rotatable bonds is 3. The van der Waals surface area contributed by atoms with Crippen LogP contribution in [0.25, 0.3) is 0 Å². The van der Waals surface area contributed by atoms with Crippen molar-refractivity contribution >= 4 is 17.1 Å². The van der Waals surface area contributed by atoms with E-state index < -0.39 is 0 Å². The van der Waals surface area contributed by atoms with Crippen molar-refractivity contribution in [1.29, 1.82) is 0 Å². The van der Waals surface area contributed by atoms with Gasteiger partial charge in [-0.25, -0.2) is 0 Å². The van der Waals surface area contributed by atoms with Crippen LogP contribution >= 0.6 is 0 Å². The van der Waals surface area contributed by atoms with Crippen LogP contribution in [0, 0.1) is 6.92 Å². The molecule has 2 N–H and O–H groups in total. The highest BCUT2D eigenvalue weighted by Crippen LogP contribution is 2.34. The molecule has 0 aliphatic heterocycles. The van der Waals surface area contributed by atoms with Crippen LogP contribution in [0.4, 0.5) is 17.1 Å². The van der Waals surface area contributed by atoms with Gasteiger partial charge in [-0.15, -0.1) is 0 Å². The van der Waals surface area contributed by atoms with Crippen LogP contribution in [0.5, 0.6) is 5.75 Å². The van der Waals surface area contributed by atoms with Crippen LogP contribution in [0.1, 0.15) is 5.56 Å². The Morgan fingerprint density at radius 2 is 1.67 bits per heavy atom. The molecule has 2 aromatic carbocycles. The van der Waals surface area contributed by atoms with E-state index >= 15 is 0 Å². The van der Waals surface area contributed by atoms with Crippen LogP contribution in [0.15, 0.2) is 42.5 Å². The molecule has 0 heterocycles. The van der Waals surface area contributed by atoms with Crippen LogP contribution in [-0.2, 0) is 0 Å². The van der Waals surface area contributed by atoms with E-state index in [1.807, 2.05) is 50.4 Å². The first kappa shape index (κ1) is 12.3. The third-order valence-electron chi connectivity index (χ3n) is 3.15. The molecule has 0 atom stereocenters. The van der Waals surface area contributed by atoms with Gasteiger partial charge in [-0.05, 0) is 36.8 Å².